The average Bonchev–Trinajstić information content (AvgIpc) is 3.17. The summed E-state index contributed by atoms with van der Waals surface area (Å²) in [6, 6.07) is 0. The summed E-state index contributed by atoms with van der Waals surface area (Å²) >= 11 is 0. The van der Waals surface area contributed by atoms with Crippen molar-refractivity contribution in [1.82, 2.24) is 0 Å². The molecule has 4 aliphatic heterocycles. The molecule has 4 saturated heterocycles. The van der Waals surface area contributed by atoms with E-state index in [1.165, 1.54) is 19.3 Å². The number of hydrogen-bond donors (Lipinski definition) is 0. The first-order valence-corrected chi connectivity index (χ1v) is 7.84. The fourth-order valence-corrected chi connectivity index (χ4v) is 4.58. The Kier molecular flexibility index (Phi) is 2.38. The van der Waals surface area contributed by atoms with Crippen molar-refractivity contribution >= 4 is 0 Å². The quantitative estimate of drug-likeness (QED) is 0.679. The van der Waals surface area contributed by atoms with Crippen molar-refractivity contribution in [2.24, 2.45) is 11.3 Å². The molecule has 4 atom stereocenters. The van der Waals surface area contributed by atoms with Gasteiger partial charge in [0.25, 0.3) is 0 Å². The van der Waals surface area contributed by atoms with Gasteiger partial charge in [0.05, 0.1) is 37.6 Å². The van der Waals surface area contributed by atoms with Gasteiger partial charge >= 0.3 is 0 Å². The lowest BCUT2D eigenvalue weighted by Crippen LogP contribution is -2.52. The van der Waals surface area contributed by atoms with Gasteiger partial charge in [-0.3, -0.25) is 0 Å². The Morgan fingerprint density at radius 1 is 0.842 bits per heavy atom. The Bertz CT molecular complexity index is 360. The van der Waals surface area contributed by atoms with Gasteiger partial charge in [-0.15, -0.1) is 0 Å². The van der Waals surface area contributed by atoms with E-state index in [1.54, 1.807) is 0 Å². The van der Waals surface area contributed by atoms with Crippen LogP contribution < -0.4 is 0 Å². The first kappa shape index (κ1) is 11.5. The Balaban J connectivity index is 1.21. The summed E-state index contributed by atoms with van der Waals surface area (Å²) in [4.78, 5) is 0. The average molecular weight is 266 g/mol. The fraction of sp³-hybridized carbons (Fsp3) is 1.00. The molecule has 6 rings (SSSR count). The van der Waals surface area contributed by atoms with E-state index in [0.29, 0.717) is 30.3 Å². The minimum atomic E-state index is 0.0256. The minimum absolute atomic E-state index is 0.0256. The van der Waals surface area contributed by atoms with Crippen molar-refractivity contribution in [2.45, 2.75) is 69.2 Å². The molecule has 4 heteroatoms. The molecule has 0 radical (unpaired) electrons. The van der Waals surface area contributed by atoms with Gasteiger partial charge in [-0.05, 0) is 38.5 Å². The lowest BCUT2D eigenvalue weighted by molar-refractivity contribution is -0.283. The van der Waals surface area contributed by atoms with Crippen molar-refractivity contribution in [3.05, 3.63) is 0 Å². The van der Waals surface area contributed by atoms with E-state index < -0.39 is 0 Å². The van der Waals surface area contributed by atoms with Crippen LogP contribution >= 0.6 is 0 Å². The molecule has 0 aromatic heterocycles. The maximum absolute atomic E-state index is 6.11. The summed E-state index contributed by atoms with van der Waals surface area (Å²) in [5.41, 5.74) is 0.252. The van der Waals surface area contributed by atoms with E-state index in [2.05, 4.69) is 0 Å². The van der Waals surface area contributed by atoms with Crippen LogP contribution in [0.2, 0.25) is 0 Å². The molecule has 19 heavy (non-hydrogen) atoms. The second-order valence-electron chi connectivity index (χ2n) is 7.29. The predicted octanol–water partition coefficient (Wildman–Crippen LogP) is 1.86. The molecule has 2 aliphatic carbocycles. The van der Waals surface area contributed by atoms with Gasteiger partial charge in [0, 0.05) is 11.3 Å². The zero-order valence-electron chi connectivity index (χ0n) is 11.3. The van der Waals surface area contributed by atoms with Crippen LogP contribution in [-0.2, 0) is 18.9 Å². The van der Waals surface area contributed by atoms with Gasteiger partial charge in [-0.25, -0.2) is 0 Å². The highest BCUT2D eigenvalue weighted by molar-refractivity contribution is 5.00. The van der Waals surface area contributed by atoms with E-state index in [1.807, 2.05) is 0 Å². The monoisotopic (exact) mass is 266 g/mol. The van der Waals surface area contributed by atoms with Gasteiger partial charge in [-0.1, -0.05) is 0 Å². The highest BCUT2D eigenvalue weighted by atomic mass is 16.7. The van der Waals surface area contributed by atoms with Crippen molar-refractivity contribution in [1.29, 1.82) is 0 Å². The van der Waals surface area contributed by atoms with E-state index in [-0.39, 0.29) is 11.7 Å². The Morgan fingerprint density at radius 3 is 2.26 bits per heavy atom. The molecular weight excluding hydrogens is 244 g/mol. The molecule has 2 bridgehead atoms. The maximum Gasteiger partial charge on any atom is 0.160 e. The summed E-state index contributed by atoms with van der Waals surface area (Å²) in [5.74, 6) is 0.559. The third kappa shape index (κ3) is 1.88. The molecule has 106 valence electrons. The van der Waals surface area contributed by atoms with E-state index in [4.69, 9.17) is 18.9 Å². The summed E-state index contributed by atoms with van der Waals surface area (Å²) < 4.78 is 23.6. The second kappa shape index (κ2) is 3.94. The van der Waals surface area contributed by atoms with Crippen molar-refractivity contribution in [3.63, 3.8) is 0 Å². The highest BCUT2D eigenvalue weighted by Crippen LogP contribution is 2.49. The van der Waals surface area contributed by atoms with Crippen LogP contribution in [-0.4, -0.2) is 43.9 Å². The molecule has 0 amide bonds. The molecule has 6 aliphatic rings. The van der Waals surface area contributed by atoms with E-state index >= 15 is 0 Å². The van der Waals surface area contributed by atoms with Crippen LogP contribution in [0, 0.1) is 11.3 Å². The lowest BCUT2D eigenvalue weighted by Gasteiger charge is -2.49. The molecule has 4 heterocycles. The Labute approximate surface area is 113 Å². The van der Waals surface area contributed by atoms with Gasteiger partial charge in [0.1, 0.15) is 0 Å². The topological polar surface area (TPSA) is 40.2 Å². The minimum Gasteiger partial charge on any atom is -0.375 e. The van der Waals surface area contributed by atoms with E-state index in [9.17, 15) is 0 Å². The smallest absolute Gasteiger partial charge is 0.160 e. The van der Waals surface area contributed by atoms with Crippen molar-refractivity contribution < 1.29 is 18.9 Å². The lowest BCUT2D eigenvalue weighted by atomic mass is 9.74. The summed E-state index contributed by atoms with van der Waals surface area (Å²) in [6.07, 6.45) is 9.13. The standard InChI is InChI=1S/C15H22O4/c1-2-15(6-13-12(1)19-13)7-16-14(17-8-15)9-3-10-5-11(4-9)18-10/h9-14H,1-8H2. The summed E-state index contributed by atoms with van der Waals surface area (Å²) in [6.45, 7) is 1.74. The SMILES string of the molecule is C1C2CC(C3OCC4(CCC5OC5C4)CO3)CC1O2. The van der Waals surface area contributed by atoms with Gasteiger partial charge < -0.3 is 18.9 Å². The summed E-state index contributed by atoms with van der Waals surface area (Å²) in [5, 5.41) is 0. The Hall–Kier alpha value is -0.160. The zero-order valence-corrected chi connectivity index (χ0v) is 11.3. The predicted molar refractivity (Wildman–Crippen MR) is 66.6 cm³/mol. The third-order valence-corrected chi connectivity index (χ3v) is 5.82. The van der Waals surface area contributed by atoms with Gasteiger partial charge in [0.2, 0.25) is 0 Å². The first-order valence-electron chi connectivity index (χ1n) is 7.84. The molecule has 1 spiro atoms. The highest BCUT2D eigenvalue weighted by Gasteiger charge is 2.53. The maximum atomic E-state index is 6.11. The first-order chi connectivity index (χ1) is 9.30. The van der Waals surface area contributed by atoms with Crippen LogP contribution in [0.1, 0.15) is 38.5 Å². The third-order valence-electron chi connectivity index (χ3n) is 5.82. The normalized spacial score (nSPS) is 59.4. The second-order valence-corrected chi connectivity index (χ2v) is 7.29. The largest absolute Gasteiger partial charge is 0.375 e. The van der Waals surface area contributed by atoms with Crippen LogP contribution in [0.15, 0.2) is 0 Å². The van der Waals surface area contributed by atoms with Crippen LogP contribution in [0.4, 0.5) is 0 Å². The fourth-order valence-electron chi connectivity index (χ4n) is 4.58. The van der Waals surface area contributed by atoms with Gasteiger partial charge in [0.15, 0.2) is 6.29 Å². The number of fused-ring (bicyclic) bond motifs is 3. The van der Waals surface area contributed by atoms with Crippen LogP contribution in [0.25, 0.3) is 0 Å². The van der Waals surface area contributed by atoms with E-state index in [0.717, 1.165) is 32.5 Å². The molecule has 6 fully saturated rings. The van der Waals surface area contributed by atoms with Crippen molar-refractivity contribution in [3.8, 4) is 0 Å². The number of hydrogen-bond acceptors (Lipinski definition) is 4. The van der Waals surface area contributed by atoms with Crippen LogP contribution in [0.3, 0.4) is 0 Å². The van der Waals surface area contributed by atoms with Gasteiger partial charge in [-0.2, -0.15) is 0 Å². The number of rotatable bonds is 1. The number of ether oxygens (including phenoxy) is 4. The molecule has 4 unspecified atom stereocenters. The molecule has 4 nitrogen and oxygen atoms in total. The molecule has 0 aromatic carbocycles. The summed E-state index contributed by atoms with van der Waals surface area (Å²) in [7, 11) is 0. The molecule has 0 aromatic rings. The molecule has 0 N–H and O–H groups in total. The van der Waals surface area contributed by atoms with Crippen LogP contribution in [0.5, 0.6) is 0 Å². The Morgan fingerprint density at radius 2 is 1.58 bits per heavy atom. The number of epoxide rings is 1. The molecular formula is C15H22O4. The zero-order chi connectivity index (χ0) is 12.4. The van der Waals surface area contributed by atoms with Crippen molar-refractivity contribution in [2.75, 3.05) is 13.2 Å². The molecule has 2 saturated carbocycles.